The molecular weight excluding hydrogens is 184 g/mol. The maximum Gasteiger partial charge on any atom is 0.171 e. The minimum absolute atomic E-state index is 0.344. The lowest BCUT2D eigenvalue weighted by Gasteiger charge is -2.11. The van der Waals surface area contributed by atoms with Crippen molar-refractivity contribution in [3.63, 3.8) is 0 Å². The highest BCUT2D eigenvalue weighted by Crippen LogP contribution is 2.02. The van der Waals surface area contributed by atoms with Gasteiger partial charge >= 0.3 is 0 Å². The molecule has 0 aromatic carbocycles. The highest BCUT2D eigenvalue weighted by atomic mass is 32.1. The number of nitrogens with one attached hydrogen (secondary N) is 2. The molecule has 4 nitrogen and oxygen atoms in total. The van der Waals surface area contributed by atoms with Gasteiger partial charge in [0.25, 0.3) is 0 Å². The van der Waals surface area contributed by atoms with Gasteiger partial charge in [0.1, 0.15) is 0 Å². The molecule has 0 spiro atoms. The summed E-state index contributed by atoms with van der Waals surface area (Å²) >= 11 is 5.06. The van der Waals surface area contributed by atoms with Gasteiger partial charge in [-0.1, -0.05) is 0 Å². The van der Waals surface area contributed by atoms with Crippen molar-refractivity contribution in [1.82, 2.24) is 15.1 Å². The average molecular weight is 198 g/mol. The van der Waals surface area contributed by atoms with Gasteiger partial charge in [-0.2, -0.15) is 5.10 Å². The van der Waals surface area contributed by atoms with Gasteiger partial charge in [-0.25, -0.2) is 0 Å². The van der Waals surface area contributed by atoms with Crippen LogP contribution in [0.2, 0.25) is 0 Å². The molecule has 0 aliphatic heterocycles. The van der Waals surface area contributed by atoms with Crippen molar-refractivity contribution in [1.29, 1.82) is 0 Å². The molecule has 1 rings (SSSR count). The zero-order valence-electron chi connectivity index (χ0n) is 8.03. The van der Waals surface area contributed by atoms with Crippen LogP contribution in [0.25, 0.3) is 0 Å². The molecule has 0 fully saturated rings. The molecule has 0 amide bonds. The number of nitrogens with zero attached hydrogens (tertiary/aromatic N) is 2. The van der Waals surface area contributed by atoms with E-state index in [4.69, 9.17) is 12.2 Å². The number of aromatic nitrogens is 2. The lowest BCUT2D eigenvalue weighted by molar-refractivity contribution is 0.739. The number of rotatable bonds is 2. The number of hydrogen-bond donors (Lipinski definition) is 2. The largest absolute Gasteiger partial charge is 0.360 e. The smallest absolute Gasteiger partial charge is 0.171 e. The van der Waals surface area contributed by atoms with Crippen LogP contribution in [0.5, 0.6) is 0 Å². The third-order valence-electron chi connectivity index (χ3n) is 1.38. The Labute approximate surface area is 83.3 Å². The first-order valence-electron chi connectivity index (χ1n) is 4.14. The molecule has 13 heavy (non-hydrogen) atoms. The van der Waals surface area contributed by atoms with Crippen molar-refractivity contribution in [3.05, 3.63) is 12.4 Å². The van der Waals surface area contributed by atoms with E-state index >= 15 is 0 Å². The zero-order chi connectivity index (χ0) is 9.84. The van der Waals surface area contributed by atoms with Crippen LogP contribution in [0.1, 0.15) is 13.8 Å². The molecule has 2 N–H and O–H groups in total. The molecule has 1 heterocycles. The van der Waals surface area contributed by atoms with Crippen molar-refractivity contribution in [2.24, 2.45) is 7.05 Å². The Morgan fingerprint density at radius 3 is 2.77 bits per heavy atom. The minimum Gasteiger partial charge on any atom is -0.360 e. The molecule has 1 aromatic heterocycles. The van der Waals surface area contributed by atoms with E-state index in [0.29, 0.717) is 11.2 Å². The van der Waals surface area contributed by atoms with Crippen molar-refractivity contribution in [3.8, 4) is 0 Å². The highest BCUT2D eigenvalue weighted by Gasteiger charge is 2.00. The Kier molecular flexibility index (Phi) is 3.25. The van der Waals surface area contributed by atoms with Crippen molar-refractivity contribution >= 4 is 23.0 Å². The fourth-order valence-corrected chi connectivity index (χ4v) is 1.27. The maximum absolute atomic E-state index is 5.06. The Morgan fingerprint density at radius 2 is 2.31 bits per heavy atom. The number of aryl methyl sites for hydroxylation is 1. The normalized spacial score (nSPS) is 10.2. The monoisotopic (exact) mass is 198 g/mol. The topological polar surface area (TPSA) is 41.9 Å². The van der Waals surface area contributed by atoms with Crippen LogP contribution in [0.3, 0.4) is 0 Å². The molecule has 0 unspecified atom stereocenters. The third kappa shape index (κ3) is 3.42. The molecule has 72 valence electrons. The van der Waals surface area contributed by atoms with Crippen LogP contribution >= 0.6 is 12.2 Å². The molecule has 0 saturated heterocycles. The van der Waals surface area contributed by atoms with E-state index in [9.17, 15) is 0 Å². The number of hydrogen-bond acceptors (Lipinski definition) is 2. The number of thiocarbonyl (C=S) groups is 1. The van der Waals surface area contributed by atoms with E-state index < -0.39 is 0 Å². The molecule has 5 heteroatoms. The third-order valence-corrected chi connectivity index (χ3v) is 1.60. The predicted molar refractivity (Wildman–Crippen MR) is 57.7 cm³/mol. The Bertz CT molecular complexity index is 292. The van der Waals surface area contributed by atoms with Crippen LogP contribution in [0.4, 0.5) is 5.69 Å². The summed E-state index contributed by atoms with van der Waals surface area (Å²) in [5.41, 5.74) is 0.903. The quantitative estimate of drug-likeness (QED) is 0.699. The van der Waals surface area contributed by atoms with Gasteiger partial charge in [-0.3, -0.25) is 4.68 Å². The zero-order valence-corrected chi connectivity index (χ0v) is 8.85. The summed E-state index contributed by atoms with van der Waals surface area (Å²) in [6, 6.07) is 0.344. The lowest BCUT2D eigenvalue weighted by Crippen LogP contribution is -2.33. The first kappa shape index (κ1) is 9.98. The minimum atomic E-state index is 0.344. The SMILES string of the molecule is CC(C)NC(=S)Nc1cnn(C)c1. The van der Waals surface area contributed by atoms with E-state index in [1.165, 1.54) is 0 Å². The summed E-state index contributed by atoms with van der Waals surface area (Å²) in [6.45, 7) is 4.08. The van der Waals surface area contributed by atoms with E-state index in [1.54, 1.807) is 10.9 Å². The fourth-order valence-electron chi connectivity index (χ4n) is 0.915. The second-order valence-electron chi connectivity index (χ2n) is 3.16. The molecular formula is C8H14N4S. The molecule has 0 aliphatic carbocycles. The second-order valence-corrected chi connectivity index (χ2v) is 3.56. The van der Waals surface area contributed by atoms with Crippen LogP contribution < -0.4 is 10.6 Å². The Hall–Kier alpha value is -1.10. The van der Waals surface area contributed by atoms with Gasteiger partial charge in [0, 0.05) is 19.3 Å². The molecule has 0 bridgehead atoms. The van der Waals surface area contributed by atoms with Gasteiger partial charge < -0.3 is 10.6 Å². The number of anilines is 1. The summed E-state index contributed by atoms with van der Waals surface area (Å²) < 4.78 is 1.72. The average Bonchev–Trinajstić information content (AvgIpc) is 2.33. The second kappa shape index (κ2) is 4.23. The Morgan fingerprint density at radius 1 is 1.62 bits per heavy atom. The van der Waals surface area contributed by atoms with E-state index in [0.717, 1.165) is 5.69 Å². The summed E-state index contributed by atoms with van der Waals surface area (Å²) in [6.07, 6.45) is 3.60. The molecule has 1 aromatic rings. The van der Waals surface area contributed by atoms with Gasteiger partial charge in [0.05, 0.1) is 11.9 Å². The van der Waals surface area contributed by atoms with Gasteiger partial charge in [0.15, 0.2) is 5.11 Å². The predicted octanol–water partition coefficient (Wildman–Crippen LogP) is 1.11. The van der Waals surface area contributed by atoms with Crippen molar-refractivity contribution < 1.29 is 0 Å². The summed E-state index contributed by atoms with van der Waals surface area (Å²) in [5, 5.41) is 10.8. The van der Waals surface area contributed by atoms with E-state index in [-0.39, 0.29) is 0 Å². The van der Waals surface area contributed by atoms with Crippen LogP contribution in [0, 0.1) is 0 Å². The first-order chi connectivity index (χ1) is 6.08. The highest BCUT2D eigenvalue weighted by molar-refractivity contribution is 7.80. The van der Waals surface area contributed by atoms with Gasteiger partial charge in [0.2, 0.25) is 0 Å². The van der Waals surface area contributed by atoms with Gasteiger partial charge in [-0.15, -0.1) is 0 Å². The lowest BCUT2D eigenvalue weighted by atomic mass is 10.4. The van der Waals surface area contributed by atoms with Crippen LogP contribution in [0.15, 0.2) is 12.4 Å². The maximum atomic E-state index is 5.06. The molecule has 0 saturated carbocycles. The van der Waals surface area contributed by atoms with E-state index in [1.807, 2.05) is 27.1 Å². The van der Waals surface area contributed by atoms with Crippen molar-refractivity contribution in [2.75, 3.05) is 5.32 Å². The standard InChI is InChI=1S/C8H14N4S/c1-6(2)10-8(13)11-7-4-9-12(3)5-7/h4-6H,1-3H3,(H2,10,11,13). The summed E-state index contributed by atoms with van der Waals surface area (Å²) in [4.78, 5) is 0. The van der Waals surface area contributed by atoms with Crippen LogP contribution in [-0.2, 0) is 7.05 Å². The summed E-state index contributed by atoms with van der Waals surface area (Å²) in [7, 11) is 1.87. The molecule has 0 atom stereocenters. The van der Waals surface area contributed by atoms with Crippen molar-refractivity contribution in [2.45, 2.75) is 19.9 Å². The summed E-state index contributed by atoms with van der Waals surface area (Å²) in [5.74, 6) is 0. The van der Waals surface area contributed by atoms with Crippen LogP contribution in [-0.4, -0.2) is 20.9 Å². The van der Waals surface area contributed by atoms with Gasteiger partial charge in [-0.05, 0) is 26.1 Å². The molecule has 0 radical (unpaired) electrons. The Balaban J connectivity index is 2.45. The fraction of sp³-hybridized carbons (Fsp3) is 0.500. The molecule has 0 aliphatic rings. The first-order valence-corrected chi connectivity index (χ1v) is 4.55. The van der Waals surface area contributed by atoms with E-state index in [2.05, 4.69) is 15.7 Å².